The molecule has 1 radical (unpaired) electrons. The van der Waals surface area contributed by atoms with E-state index in [4.69, 9.17) is 0 Å². The predicted octanol–water partition coefficient (Wildman–Crippen LogP) is 1.28. The van der Waals surface area contributed by atoms with Crippen molar-refractivity contribution in [3.8, 4) is 0 Å². The minimum atomic E-state index is 0.720. The van der Waals surface area contributed by atoms with Gasteiger partial charge in [0, 0.05) is 32.2 Å². The smallest absolute Gasteiger partial charge is 0.0192 e. The molecule has 0 aromatic rings. The van der Waals surface area contributed by atoms with Crippen LogP contribution in [0.1, 0.15) is 27.2 Å². The van der Waals surface area contributed by atoms with E-state index in [9.17, 15) is 0 Å². The van der Waals surface area contributed by atoms with Gasteiger partial charge in [0.25, 0.3) is 0 Å². The number of piperazine rings is 1. The van der Waals surface area contributed by atoms with Gasteiger partial charge in [-0.15, -0.1) is 0 Å². The van der Waals surface area contributed by atoms with E-state index in [0.717, 1.165) is 12.6 Å². The second-order valence-corrected chi connectivity index (χ2v) is 4.00. The Kier molecular flexibility index (Phi) is 4.02. The quantitative estimate of drug-likeness (QED) is 0.685. The van der Waals surface area contributed by atoms with Crippen LogP contribution in [-0.2, 0) is 0 Å². The van der Waals surface area contributed by atoms with Crippen LogP contribution in [-0.4, -0.2) is 37.1 Å². The van der Waals surface area contributed by atoms with E-state index >= 15 is 0 Å². The van der Waals surface area contributed by atoms with Gasteiger partial charge in [-0.3, -0.25) is 4.90 Å². The Bertz CT molecular complexity index is 123. The number of hydrogen-bond acceptors (Lipinski definition) is 2. The summed E-state index contributed by atoms with van der Waals surface area (Å²) in [6, 6.07) is 0.720. The van der Waals surface area contributed by atoms with Gasteiger partial charge in [0.1, 0.15) is 0 Å². The summed E-state index contributed by atoms with van der Waals surface area (Å²) >= 11 is 0. The molecular weight excluding hydrogens is 148 g/mol. The van der Waals surface area contributed by atoms with Crippen molar-refractivity contribution < 1.29 is 0 Å². The van der Waals surface area contributed by atoms with Gasteiger partial charge in [-0.05, 0) is 12.3 Å². The molecule has 1 fully saturated rings. The van der Waals surface area contributed by atoms with Gasteiger partial charge in [0.15, 0.2) is 0 Å². The second kappa shape index (κ2) is 4.83. The molecule has 0 amide bonds. The summed E-state index contributed by atoms with van der Waals surface area (Å²) in [6.07, 6.45) is 1.25. The highest BCUT2D eigenvalue weighted by atomic mass is 15.2. The minimum Gasteiger partial charge on any atom is -0.311 e. The molecule has 71 valence electrons. The molecule has 2 nitrogen and oxygen atoms in total. The lowest BCUT2D eigenvalue weighted by Crippen LogP contribution is -2.50. The molecule has 0 bridgehead atoms. The highest BCUT2D eigenvalue weighted by molar-refractivity contribution is 4.86. The summed E-state index contributed by atoms with van der Waals surface area (Å²) in [6.45, 7) is 11.4. The van der Waals surface area contributed by atoms with Crippen LogP contribution in [0.4, 0.5) is 0 Å². The molecule has 1 heterocycles. The van der Waals surface area contributed by atoms with Crippen LogP contribution < -0.4 is 5.32 Å². The SMILES string of the molecule is CC[C@H]1CN(C[C](C)C)CCN1. The van der Waals surface area contributed by atoms with Crippen LogP contribution in [0.3, 0.4) is 0 Å². The topological polar surface area (TPSA) is 15.3 Å². The predicted molar refractivity (Wildman–Crippen MR) is 53.1 cm³/mol. The largest absolute Gasteiger partial charge is 0.311 e. The number of nitrogens with zero attached hydrogens (tertiary/aromatic N) is 1. The Morgan fingerprint density at radius 1 is 1.50 bits per heavy atom. The van der Waals surface area contributed by atoms with Crippen LogP contribution in [0.25, 0.3) is 0 Å². The zero-order valence-corrected chi connectivity index (χ0v) is 8.56. The molecule has 1 aliphatic rings. The third kappa shape index (κ3) is 3.11. The molecule has 1 aliphatic heterocycles. The van der Waals surface area contributed by atoms with E-state index in [-0.39, 0.29) is 0 Å². The van der Waals surface area contributed by atoms with E-state index in [1.54, 1.807) is 0 Å². The molecule has 1 saturated heterocycles. The van der Waals surface area contributed by atoms with Crippen LogP contribution in [0.2, 0.25) is 0 Å². The Labute approximate surface area is 76.3 Å². The van der Waals surface area contributed by atoms with Crippen molar-refractivity contribution in [1.29, 1.82) is 0 Å². The lowest BCUT2D eigenvalue weighted by molar-refractivity contribution is 0.204. The normalized spacial score (nSPS) is 26.5. The lowest BCUT2D eigenvalue weighted by atomic mass is 10.1. The van der Waals surface area contributed by atoms with Gasteiger partial charge in [-0.25, -0.2) is 0 Å². The first-order valence-electron chi connectivity index (χ1n) is 4.97. The summed E-state index contributed by atoms with van der Waals surface area (Å²) < 4.78 is 0. The standard InChI is InChI=1S/C10H21N2/c1-4-10-8-12(6-5-11-10)7-9(2)3/h10-11H,4-8H2,1-3H3/t10-/m0/s1. The zero-order valence-electron chi connectivity index (χ0n) is 8.56. The molecular formula is C10H21N2. The third-order valence-corrected chi connectivity index (χ3v) is 2.37. The van der Waals surface area contributed by atoms with E-state index < -0.39 is 0 Å². The van der Waals surface area contributed by atoms with E-state index in [2.05, 4.69) is 31.0 Å². The second-order valence-electron chi connectivity index (χ2n) is 4.00. The molecule has 0 aromatic heterocycles. The maximum atomic E-state index is 3.52. The summed E-state index contributed by atoms with van der Waals surface area (Å²) in [5.41, 5.74) is 0. The average molecular weight is 169 g/mol. The van der Waals surface area contributed by atoms with Gasteiger partial charge in [-0.1, -0.05) is 20.8 Å². The Balaban J connectivity index is 2.25. The van der Waals surface area contributed by atoms with Crippen molar-refractivity contribution in [1.82, 2.24) is 10.2 Å². The summed E-state index contributed by atoms with van der Waals surface area (Å²) in [7, 11) is 0. The first-order valence-corrected chi connectivity index (χ1v) is 4.97. The molecule has 0 unspecified atom stereocenters. The lowest BCUT2D eigenvalue weighted by Gasteiger charge is -2.34. The molecule has 1 atom stereocenters. The number of hydrogen-bond donors (Lipinski definition) is 1. The Morgan fingerprint density at radius 3 is 2.83 bits per heavy atom. The van der Waals surface area contributed by atoms with Crippen LogP contribution in [0.5, 0.6) is 0 Å². The monoisotopic (exact) mass is 169 g/mol. The van der Waals surface area contributed by atoms with Crippen molar-refractivity contribution >= 4 is 0 Å². The molecule has 1 rings (SSSR count). The fourth-order valence-electron chi connectivity index (χ4n) is 1.76. The average Bonchev–Trinajstić information content (AvgIpc) is 2.03. The fraction of sp³-hybridized carbons (Fsp3) is 0.900. The maximum absolute atomic E-state index is 3.52. The van der Waals surface area contributed by atoms with E-state index in [1.165, 1.54) is 32.0 Å². The van der Waals surface area contributed by atoms with Crippen molar-refractivity contribution in [3.05, 3.63) is 5.92 Å². The van der Waals surface area contributed by atoms with Gasteiger partial charge in [-0.2, -0.15) is 0 Å². The van der Waals surface area contributed by atoms with Gasteiger partial charge < -0.3 is 5.32 Å². The molecule has 2 heteroatoms. The molecule has 0 aliphatic carbocycles. The van der Waals surface area contributed by atoms with Crippen molar-refractivity contribution in [2.24, 2.45) is 0 Å². The Hall–Kier alpha value is -0.0800. The van der Waals surface area contributed by atoms with Crippen LogP contribution >= 0.6 is 0 Å². The highest BCUT2D eigenvalue weighted by Gasteiger charge is 2.17. The van der Waals surface area contributed by atoms with E-state index in [0.29, 0.717) is 0 Å². The van der Waals surface area contributed by atoms with Gasteiger partial charge in [0.05, 0.1) is 0 Å². The number of rotatable bonds is 3. The summed E-state index contributed by atoms with van der Waals surface area (Å²) in [4.78, 5) is 2.54. The summed E-state index contributed by atoms with van der Waals surface area (Å²) in [5.74, 6) is 1.52. The van der Waals surface area contributed by atoms with Gasteiger partial charge in [0.2, 0.25) is 0 Å². The molecule has 12 heavy (non-hydrogen) atoms. The molecule has 0 aromatic carbocycles. The minimum absolute atomic E-state index is 0.720. The van der Waals surface area contributed by atoms with Crippen LogP contribution in [0, 0.1) is 5.92 Å². The fourth-order valence-corrected chi connectivity index (χ4v) is 1.76. The van der Waals surface area contributed by atoms with Crippen molar-refractivity contribution in [2.45, 2.75) is 33.2 Å². The first-order chi connectivity index (χ1) is 5.72. The zero-order chi connectivity index (χ0) is 8.97. The van der Waals surface area contributed by atoms with Crippen LogP contribution in [0.15, 0.2) is 0 Å². The van der Waals surface area contributed by atoms with Gasteiger partial charge >= 0.3 is 0 Å². The van der Waals surface area contributed by atoms with Crippen molar-refractivity contribution in [3.63, 3.8) is 0 Å². The highest BCUT2D eigenvalue weighted by Crippen LogP contribution is 2.06. The molecule has 0 saturated carbocycles. The summed E-state index contributed by atoms with van der Waals surface area (Å²) in [5, 5.41) is 3.52. The maximum Gasteiger partial charge on any atom is 0.0192 e. The van der Waals surface area contributed by atoms with Crippen molar-refractivity contribution in [2.75, 3.05) is 26.2 Å². The molecule has 0 spiro atoms. The molecule has 1 N–H and O–H groups in total. The third-order valence-electron chi connectivity index (χ3n) is 2.37. The number of nitrogens with one attached hydrogen (secondary N) is 1. The first kappa shape index (κ1) is 10.0. The van der Waals surface area contributed by atoms with E-state index in [1.807, 2.05) is 0 Å². The Morgan fingerprint density at radius 2 is 2.25 bits per heavy atom.